The van der Waals surface area contributed by atoms with Gasteiger partial charge in [-0.25, -0.2) is 4.98 Å². The summed E-state index contributed by atoms with van der Waals surface area (Å²) in [5.41, 5.74) is 2.22. The molecule has 2 N–H and O–H groups in total. The average molecular weight is 377 g/mol. The van der Waals surface area contributed by atoms with E-state index in [1.165, 1.54) is 0 Å². The Bertz CT molecular complexity index is 972. The zero-order valence-electron chi connectivity index (χ0n) is 15.3. The van der Waals surface area contributed by atoms with Crippen molar-refractivity contribution >= 4 is 17.4 Å². The minimum atomic E-state index is -0.222. The maximum atomic E-state index is 12.3. The zero-order valence-corrected chi connectivity index (χ0v) is 15.3. The Labute approximate surface area is 162 Å². The van der Waals surface area contributed by atoms with Crippen molar-refractivity contribution in [2.75, 3.05) is 24.5 Å². The lowest BCUT2D eigenvalue weighted by molar-refractivity contribution is 0.102. The van der Waals surface area contributed by atoms with Crippen LogP contribution < -0.4 is 24.8 Å². The van der Waals surface area contributed by atoms with E-state index in [2.05, 4.69) is 15.6 Å². The molecule has 0 atom stereocenters. The van der Waals surface area contributed by atoms with E-state index >= 15 is 0 Å². The molecule has 2 aromatic carbocycles. The van der Waals surface area contributed by atoms with Gasteiger partial charge in [0, 0.05) is 18.4 Å². The number of amides is 1. The molecule has 0 fully saturated rings. The maximum absolute atomic E-state index is 12.3. The molecule has 2 heterocycles. The van der Waals surface area contributed by atoms with Crippen LogP contribution >= 0.6 is 0 Å². The second kappa shape index (κ2) is 7.87. The standard InChI is InChI=1S/C21H19N3O4/c1-26-17-6-4-16(5-7-17)24-21(25)15-3-9-20(23-12-15)22-11-14-2-8-18-19(10-14)28-13-27-18/h2-10,12H,11,13H2,1H3,(H,22,23)(H,24,25). The maximum Gasteiger partial charge on any atom is 0.257 e. The molecule has 1 aromatic heterocycles. The number of benzene rings is 2. The summed E-state index contributed by atoms with van der Waals surface area (Å²) in [6.45, 7) is 0.842. The van der Waals surface area contributed by atoms with Gasteiger partial charge in [0.15, 0.2) is 11.5 Å². The molecular formula is C21H19N3O4. The van der Waals surface area contributed by atoms with E-state index in [1.54, 1.807) is 49.7 Å². The minimum Gasteiger partial charge on any atom is -0.497 e. The summed E-state index contributed by atoms with van der Waals surface area (Å²) in [5.74, 6) is 2.70. The van der Waals surface area contributed by atoms with E-state index < -0.39 is 0 Å². The van der Waals surface area contributed by atoms with Crippen LogP contribution in [0.1, 0.15) is 15.9 Å². The molecule has 4 rings (SSSR count). The van der Waals surface area contributed by atoms with E-state index in [9.17, 15) is 4.79 Å². The van der Waals surface area contributed by atoms with Gasteiger partial charge >= 0.3 is 0 Å². The first kappa shape index (κ1) is 17.7. The van der Waals surface area contributed by atoms with Crippen LogP contribution in [0.3, 0.4) is 0 Å². The van der Waals surface area contributed by atoms with Crippen LogP contribution in [0.4, 0.5) is 11.5 Å². The molecule has 1 aliphatic heterocycles. The lowest BCUT2D eigenvalue weighted by Crippen LogP contribution is -2.12. The van der Waals surface area contributed by atoms with Gasteiger partial charge in [-0.05, 0) is 54.1 Å². The molecule has 7 nitrogen and oxygen atoms in total. The highest BCUT2D eigenvalue weighted by molar-refractivity contribution is 6.04. The zero-order chi connectivity index (χ0) is 19.3. The van der Waals surface area contributed by atoms with E-state index in [0.717, 1.165) is 22.8 Å². The third-order valence-electron chi connectivity index (χ3n) is 4.28. The van der Waals surface area contributed by atoms with Gasteiger partial charge in [-0.1, -0.05) is 6.07 Å². The second-order valence-corrected chi connectivity index (χ2v) is 6.16. The average Bonchev–Trinajstić information content (AvgIpc) is 3.21. The van der Waals surface area contributed by atoms with Crippen molar-refractivity contribution in [3.05, 3.63) is 71.9 Å². The molecule has 0 saturated heterocycles. The highest BCUT2D eigenvalue weighted by atomic mass is 16.7. The van der Waals surface area contributed by atoms with Crippen molar-refractivity contribution in [2.45, 2.75) is 6.54 Å². The summed E-state index contributed by atoms with van der Waals surface area (Å²) in [5, 5.41) is 6.06. The Hall–Kier alpha value is -3.74. The number of rotatable bonds is 6. The molecule has 0 unspecified atom stereocenters. The van der Waals surface area contributed by atoms with Gasteiger partial charge in [0.2, 0.25) is 6.79 Å². The van der Waals surface area contributed by atoms with Crippen molar-refractivity contribution in [1.29, 1.82) is 0 Å². The first-order valence-electron chi connectivity index (χ1n) is 8.75. The van der Waals surface area contributed by atoms with Gasteiger partial charge in [-0.2, -0.15) is 0 Å². The van der Waals surface area contributed by atoms with Crippen molar-refractivity contribution in [2.24, 2.45) is 0 Å². The molecular weight excluding hydrogens is 358 g/mol. The number of ether oxygens (including phenoxy) is 3. The normalized spacial score (nSPS) is 11.8. The number of nitrogens with zero attached hydrogens (tertiary/aromatic N) is 1. The van der Waals surface area contributed by atoms with Crippen molar-refractivity contribution in [3.8, 4) is 17.2 Å². The summed E-state index contributed by atoms with van der Waals surface area (Å²) < 4.78 is 15.8. The number of anilines is 2. The van der Waals surface area contributed by atoms with Crippen LogP contribution in [0.15, 0.2) is 60.8 Å². The molecule has 1 amide bonds. The molecule has 0 spiro atoms. The highest BCUT2D eigenvalue weighted by Crippen LogP contribution is 2.32. The number of nitrogens with one attached hydrogen (secondary N) is 2. The summed E-state index contributed by atoms with van der Waals surface area (Å²) >= 11 is 0. The highest BCUT2D eigenvalue weighted by Gasteiger charge is 2.13. The Kier molecular flexibility index (Phi) is 4.97. The summed E-state index contributed by atoms with van der Waals surface area (Å²) in [4.78, 5) is 16.6. The van der Waals surface area contributed by atoms with Gasteiger partial charge in [0.05, 0.1) is 12.7 Å². The van der Waals surface area contributed by atoms with Crippen LogP contribution in [0.2, 0.25) is 0 Å². The fourth-order valence-electron chi connectivity index (χ4n) is 2.75. The number of hydrogen-bond donors (Lipinski definition) is 2. The first-order valence-corrected chi connectivity index (χ1v) is 8.75. The molecule has 0 radical (unpaired) electrons. The fourth-order valence-corrected chi connectivity index (χ4v) is 2.75. The van der Waals surface area contributed by atoms with E-state index in [4.69, 9.17) is 14.2 Å². The SMILES string of the molecule is COc1ccc(NC(=O)c2ccc(NCc3ccc4c(c3)OCO4)nc2)cc1. The van der Waals surface area contributed by atoms with E-state index in [1.807, 2.05) is 18.2 Å². The monoisotopic (exact) mass is 377 g/mol. The molecule has 0 aliphatic carbocycles. The Morgan fingerprint density at radius 1 is 1.07 bits per heavy atom. The largest absolute Gasteiger partial charge is 0.497 e. The molecule has 7 heteroatoms. The smallest absolute Gasteiger partial charge is 0.257 e. The topological polar surface area (TPSA) is 81.7 Å². The Morgan fingerprint density at radius 3 is 2.64 bits per heavy atom. The van der Waals surface area contributed by atoms with Crippen LogP contribution in [0.25, 0.3) is 0 Å². The van der Waals surface area contributed by atoms with Gasteiger partial charge in [-0.3, -0.25) is 4.79 Å². The predicted octanol–water partition coefficient (Wildman–Crippen LogP) is 3.68. The Morgan fingerprint density at radius 2 is 1.89 bits per heavy atom. The van der Waals surface area contributed by atoms with Crippen LogP contribution in [-0.2, 0) is 6.54 Å². The van der Waals surface area contributed by atoms with E-state index in [0.29, 0.717) is 23.6 Å². The number of aromatic nitrogens is 1. The lowest BCUT2D eigenvalue weighted by Gasteiger charge is -2.08. The van der Waals surface area contributed by atoms with Gasteiger partial charge in [0.25, 0.3) is 5.91 Å². The molecule has 1 aliphatic rings. The van der Waals surface area contributed by atoms with Gasteiger partial charge in [0.1, 0.15) is 11.6 Å². The van der Waals surface area contributed by atoms with Crippen LogP contribution in [-0.4, -0.2) is 24.8 Å². The Balaban J connectivity index is 1.34. The summed E-state index contributed by atoms with van der Waals surface area (Å²) in [6, 6.07) is 16.4. The number of methoxy groups -OCH3 is 1. The summed E-state index contributed by atoms with van der Waals surface area (Å²) in [6.07, 6.45) is 1.54. The number of hydrogen-bond acceptors (Lipinski definition) is 6. The quantitative estimate of drug-likeness (QED) is 0.682. The number of carbonyl (C=O) groups is 1. The van der Waals surface area contributed by atoms with E-state index in [-0.39, 0.29) is 12.7 Å². The number of carbonyl (C=O) groups excluding carboxylic acids is 1. The summed E-state index contributed by atoms with van der Waals surface area (Å²) in [7, 11) is 1.60. The third-order valence-corrected chi connectivity index (χ3v) is 4.28. The molecule has 142 valence electrons. The van der Waals surface area contributed by atoms with Gasteiger partial charge < -0.3 is 24.8 Å². The lowest BCUT2D eigenvalue weighted by atomic mass is 10.2. The third kappa shape index (κ3) is 3.98. The molecule has 0 saturated carbocycles. The first-order chi connectivity index (χ1) is 13.7. The fraction of sp³-hybridized carbons (Fsp3) is 0.143. The molecule has 28 heavy (non-hydrogen) atoms. The van der Waals surface area contributed by atoms with Crippen molar-refractivity contribution < 1.29 is 19.0 Å². The second-order valence-electron chi connectivity index (χ2n) is 6.16. The van der Waals surface area contributed by atoms with Crippen LogP contribution in [0.5, 0.6) is 17.2 Å². The van der Waals surface area contributed by atoms with Crippen molar-refractivity contribution in [3.63, 3.8) is 0 Å². The van der Waals surface area contributed by atoms with Crippen molar-refractivity contribution in [1.82, 2.24) is 4.98 Å². The molecule has 3 aromatic rings. The number of fused-ring (bicyclic) bond motifs is 1. The van der Waals surface area contributed by atoms with Crippen LogP contribution in [0, 0.1) is 0 Å². The predicted molar refractivity (Wildman–Crippen MR) is 105 cm³/mol. The minimum absolute atomic E-state index is 0.222. The molecule has 0 bridgehead atoms. The number of pyridine rings is 1. The van der Waals surface area contributed by atoms with Gasteiger partial charge in [-0.15, -0.1) is 0 Å².